The number of hydrogen-bond donors (Lipinski definition) is 0. The summed E-state index contributed by atoms with van der Waals surface area (Å²) < 4.78 is 12.1. The van der Waals surface area contributed by atoms with E-state index >= 15 is 0 Å². The Kier molecular flexibility index (Phi) is 7.65. The van der Waals surface area contributed by atoms with Crippen LogP contribution in [0, 0.1) is 0 Å². The standard InChI is InChI=1S/C25H20ClNO3S3/c1-29-21-8-3-5-17(23(21)30-15-16-9-11-18(26)12-10-16)13-22-24(28)27(25(31)33-22)19-6-4-7-20(14-19)32-2/h3-14H,15H2,1-2H3/b22-13+. The summed E-state index contributed by atoms with van der Waals surface area (Å²) in [4.78, 5) is 16.4. The Bertz CT molecular complexity index is 1230. The van der Waals surface area contributed by atoms with Gasteiger partial charge in [0.2, 0.25) is 0 Å². The predicted molar refractivity (Wildman–Crippen MR) is 143 cm³/mol. The molecule has 0 saturated carbocycles. The van der Waals surface area contributed by atoms with Gasteiger partial charge in [0.1, 0.15) is 6.61 Å². The highest BCUT2D eigenvalue weighted by atomic mass is 35.5. The van der Waals surface area contributed by atoms with Crippen molar-refractivity contribution in [3.8, 4) is 11.5 Å². The van der Waals surface area contributed by atoms with E-state index < -0.39 is 0 Å². The third-order valence-corrected chi connectivity index (χ3v) is 7.20. The molecule has 1 saturated heterocycles. The molecule has 1 heterocycles. The number of para-hydroxylation sites is 1. The topological polar surface area (TPSA) is 38.8 Å². The molecule has 168 valence electrons. The summed E-state index contributed by atoms with van der Waals surface area (Å²) in [5.74, 6) is 0.986. The van der Waals surface area contributed by atoms with E-state index in [0.717, 1.165) is 21.7 Å². The van der Waals surface area contributed by atoms with Crippen LogP contribution in [0.25, 0.3) is 6.08 Å². The van der Waals surface area contributed by atoms with Gasteiger partial charge in [-0.05, 0) is 54.3 Å². The minimum Gasteiger partial charge on any atom is -0.493 e. The van der Waals surface area contributed by atoms with Crippen LogP contribution in [0.3, 0.4) is 0 Å². The van der Waals surface area contributed by atoms with Crippen LogP contribution in [-0.2, 0) is 11.4 Å². The number of hydrogen-bond acceptors (Lipinski definition) is 6. The zero-order valence-corrected chi connectivity index (χ0v) is 21.1. The zero-order valence-electron chi connectivity index (χ0n) is 17.9. The van der Waals surface area contributed by atoms with Gasteiger partial charge >= 0.3 is 0 Å². The number of thiocarbonyl (C=S) groups is 1. The molecule has 33 heavy (non-hydrogen) atoms. The van der Waals surface area contributed by atoms with E-state index in [4.69, 9.17) is 33.3 Å². The smallest absolute Gasteiger partial charge is 0.270 e. The van der Waals surface area contributed by atoms with Crippen molar-refractivity contribution in [1.29, 1.82) is 0 Å². The minimum atomic E-state index is -0.158. The summed E-state index contributed by atoms with van der Waals surface area (Å²) in [7, 11) is 1.59. The summed E-state index contributed by atoms with van der Waals surface area (Å²) in [6, 6.07) is 20.8. The molecule has 4 rings (SSSR count). The summed E-state index contributed by atoms with van der Waals surface area (Å²) in [6.45, 7) is 0.334. The Morgan fingerprint density at radius 3 is 2.61 bits per heavy atom. The van der Waals surface area contributed by atoms with Crippen LogP contribution in [-0.4, -0.2) is 23.6 Å². The number of anilines is 1. The Hall–Kier alpha value is -2.45. The van der Waals surface area contributed by atoms with E-state index in [1.807, 2.05) is 73.0 Å². The number of nitrogens with zero attached hydrogens (tertiary/aromatic N) is 1. The quantitative estimate of drug-likeness (QED) is 0.191. The Labute approximate surface area is 211 Å². The van der Waals surface area contributed by atoms with Gasteiger partial charge in [0.05, 0.1) is 17.7 Å². The molecule has 0 unspecified atom stereocenters. The van der Waals surface area contributed by atoms with Crippen molar-refractivity contribution in [1.82, 2.24) is 0 Å². The molecule has 1 fully saturated rings. The molecule has 3 aromatic rings. The van der Waals surface area contributed by atoms with Crippen molar-refractivity contribution in [2.75, 3.05) is 18.3 Å². The number of halogens is 1. The molecule has 1 amide bonds. The van der Waals surface area contributed by atoms with Crippen LogP contribution in [0.15, 0.2) is 76.5 Å². The van der Waals surface area contributed by atoms with Gasteiger partial charge in [0, 0.05) is 15.5 Å². The Morgan fingerprint density at radius 1 is 1.12 bits per heavy atom. The van der Waals surface area contributed by atoms with Crippen LogP contribution in [0.1, 0.15) is 11.1 Å². The van der Waals surface area contributed by atoms with Crippen LogP contribution in [0.5, 0.6) is 11.5 Å². The molecule has 0 atom stereocenters. The van der Waals surface area contributed by atoms with Gasteiger partial charge in [0.15, 0.2) is 15.8 Å². The van der Waals surface area contributed by atoms with Gasteiger partial charge in [-0.15, -0.1) is 11.8 Å². The molecule has 8 heteroatoms. The number of rotatable bonds is 7. The number of carbonyl (C=O) groups excluding carboxylic acids is 1. The lowest BCUT2D eigenvalue weighted by molar-refractivity contribution is -0.113. The fraction of sp³-hybridized carbons (Fsp3) is 0.120. The van der Waals surface area contributed by atoms with Crippen molar-refractivity contribution in [2.45, 2.75) is 11.5 Å². The molecule has 0 aliphatic carbocycles. The highest BCUT2D eigenvalue weighted by Gasteiger charge is 2.33. The van der Waals surface area contributed by atoms with Crippen LogP contribution in [0.4, 0.5) is 5.69 Å². The first-order chi connectivity index (χ1) is 16.0. The second kappa shape index (κ2) is 10.7. The van der Waals surface area contributed by atoms with Crippen molar-refractivity contribution in [3.05, 3.63) is 87.8 Å². The van der Waals surface area contributed by atoms with Gasteiger partial charge in [-0.3, -0.25) is 9.69 Å². The zero-order chi connectivity index (χ0) is 23.4. The van der Waals surface area contributed by atoms with Gasteiger partial charge in [-0.2, -0.15) is 0 Å². The van der Waals surface area contributed by atoms with E-state index in [9.17, 15) is 4.79 Å². The monoisotopic (exact) mass is 513 g/mol. The number of benzene rings is 3. The molecule has 3 aromatic carbocycles. The van der Waals surface area contributed by atoms with Crippen molar-refractivity contribution in [2.24, 2.45) is 0 Å². The van der Waals surface area contributed by atoms with Crippen molar-refractivity contribution < 1.29 is 14.3 Å². The lowest BCUT2D eigenvalue weighted by Crippen LogP contribution is -2.27. The molecule has 4 nitrogen and oxygen atoms in total. The number of ether oxygens (including phenoxy) is 2. The van der Waals surface area contributed by atoms with E-state index in [2.05, 4.69) is 0 Å². The number of amides is 1. The third kappa shape index (κ3) is 5.38. The SMILES string of the molecule is COc1cccc(/C=C2/SC(=S)N(c3cccc(SC)c3)C2=O)c1OCc1ccc(Cl)cc1. The maximum absolute atomic E-state index is 13.3. The first-order valence-electron chi connectivity index (χ1n) is 9.96. The summed E-state index contributed by atoms with van der Waals surface area (Å²) >= 11 is 14.4. The molecular weight excluding hydrogens is 494 g/mol. The highest BCUT2D eigenvalue weighted by Crippen LogP contribution is 2.40. The van der Waals surface area contributed by atoms with Crippen LogP contribution >= 0.6 is 47.3 Å². The first kappa shape index (κ1) is 23.7. The van der Waals surface area contributed by atoms with Crippen LogP contribution in [0.2, 0.25) is 5.02 Å². The summed E-state index contributed by atoms with van der Waals surface area (Å²) in [5.41, 5.74) is 2.47. The molecular formula is C25H20ClNO3S3. The van der Waals surface area contributed by atoms with Crippen molar-refractivity contribution in [3.63, 3.8) is 0 Å². The predicted octanol–water partition coefficient (Wildman–Crippen LogP) is 7.06. The average molecular weight is 514 g/mol. The number of carbonyl (C=O) groups is 1. The molecule has 0 aromatic heterocycles. The van der Waals surface area contributed by atoms with Gasteiger partial charge in [-0.1, -0.05) is 65.9 Å². The fourth-order valence-electron chi connectivity index (χ4n) is 3.28. The highest BCUT2D eigenvalue weighted by molar-refractivity contribution is 8.27. The van der Waals surface area contributed by atoms with Gasteiger partial charge in [-0.25, -0.2) is 0 Å². The maximum atomic E-state index is 13.3. The largest absolute Gasteiger partial charge is 0.493 e. The lowest BCUT2D eigenvalue weighted by Gasteiger charge is -2.15. The molecule has 0 bridgehead atoms. The first-order valence-corrected chi connectivity index (χ1v) is 12.8. The normalized spacial score (nSPS) is 14.8. The molecule has 1 aliphatic heterocycles. The second-order valence-corrected chi connectivity index (χ2v) is 10.0. The molecule has 0 spiro atoms. The summed E-state index contributed by atoms with van der Waals surface area (Å²) in [5, 5.41) is 0.668. The molecule has 0 N–H and O–H groups in total. The maximum Gasteiger partial charge on any atom is 0.270 e. The van der Waals surface area contributed by atoms with Crippen molar-refractivity contribution >= 4 is 69.3 Å². The lowest BCUT2D eigenvalue weighted by atomic mass is 10.1. The van der Waals surface area contributed by atoms with E-state index in [-0.39, 0.29) is 5.91 Å². The average Bonchev–Trinajstić information content (AvgIpc) is 3.11. The van der Waals surface area contributed by atoms with E-state index in [1.54, 1.807) is 29.8 Å². The minimum absolute atomic E-state index is 0.158. The van der Waals surface area contributed by atoms with Gasteiger partial charge in [0.25, 0.3) is 5.91 Å². The second-order valence-electron chi connectivity index (χ2n) is 7.01. The fourth-order valence-corrected chi connectivity index (χ4v) is 5.15. The van der Waals surface area contributed by atoms with Crippen LogP contribution < -0.4 is 14.4 Å². The van der Waals surface area contributed by atoms with E-state index in [0.29, 0.717) is 32.4 Å². The Balaban J connectivity index is 1.63. The Morgan fingerprint density at radius 2 is 1.88 bits per heavy atom. The third-order valence-electron chi connectivity index (χ3n) is 4.92. The molecule has 0 radical (unpaired) electrons. The molecule has 1 aliphatic rings. The number of methoxy groups -OCH3 is 1. The number of thioether (sulfide) groups is 2. The summed E-state index contributed by atoms with van der Waals surface area (Å²) in [6.07, 6.45) is 3.80. The van der Waals surface area contributed by atoms with Gasteiger partial charge < -0.3 is 9.47 Å². The van der Waals surface area contributed by atoms with E-state index in [1.165, 1.54) is 11.8 Å².